The van der Waals surface area contributed by atoms with Crippen molar-refractivity contribution >= 4 is 34.8 Å². The Morgan fingerprint density at radius 2 is 1.77 bits per heavy atom. The van der Waals surface area contributed by atoms with Gasteiger partial charge in [0.2, 0.25) is 0 Å². The van der Waals surface area contributed by atoms with E-state index in [1.807, 2.05) is 12.1 Å². The predicted octanol–water partition coefficient (Wildman–Crippen LogP) is 4.06. The van der Waals surface area contributed by atoms with Gasteiger partial charge in [0.1, 0.15) is 5.03 Å². The monoisotopic (exact) mass is 437 g/mol. The highest BCUT2D eigenvalue weighted by molar-refractivity contribution is 7.99. The number of hydrogen-bond donors (Lipinski definition) is 2. The summed E-state index contributed by atoms with van der Waals surface area (Å²) < 4.78 is 5.61. The fraction of sp³-hybridized carbons (Fsp3) is 0.273. The molecule has 1 aliphatic heterocycles. The van der Waals surface area contributed by atoms with Crippen LogP contribution in [0.1, 0.15) is 18.4 Å². The molecule has 0 radical (unpaired) electrons. The van der Waals surface area contributed by atoms with Crippen LogP contribution in [0.15, 0.2) is 77.3 Å². The molecule has 6 nitrogen and oxygen atoms in total. The van der Waals surface area contributed by atoms with E-state index in [0.717, 1.165) is 43.3 Å². The van der Waals surface area contributed by atoms with Crippen LogP contribution in [0.3, 0.4) is 0 Å². The number of anilines is 1. The molecular formula is C22H23N5OS2. The Morgan fingerprint density at radius 3 is 2.47 bits per heavy atom. The van der Waals surface area contributed by atoms with Crippen molar-refractivity contribution in [2.45, 2.75) is 28.4 Å². The number of hydrogen-bond acceptors (Lipinski definition) is 6. The smallest absolute Gasteiger partial charge is 0.193 e. The van der Waals surface area contributed by atoms with E-state index in [9.17, 15) is 0 Å². The minimum atomic E-state index is 0.0275. The predicted molar refractivity (Wildman–Crippen MR) is 123 cm³/mol. The molecule has 2 aromatic heterocycles. The van der Waals surface area contributed by atoms with Crippen molar-refractivity contribution in [3.63, 3.8) is 0 Å². The Kier molecular flexibility index (Phi) is 6.88. The third kappa shape index (κ3) is 5.33. The molecule has 0 spiro atoms. The highest BCUT2D eigenvalue weighted by atomic mass is 32.2. The number of aromatic nitrogens is 3. The van der Waals surface area contributed by atoms with Gasteiger partial charge in [0.15, 0.2) is 10.3 Å². The van der Waals surface area contributed by atoms with Crippen LogP contribution in [0.2, 0.25) is 0 Å². The van der Waals surface area contributed by atoms with Crippen LogP contribution in [0.5, 0.6) is 0 Å². The third-order valence-corrected chi connectivity index (χ3v) is 6.25. The molecule has 3 heterocycles. The Morgan fingerprint density at radius 1 is 1.00 bits per heavy atom. The molecular weight excluding hydrogens is 414 g/mol. The largest absolute Gasteiger partial charge is 0.381 e. The molecule has 30 heavy (non-hydrogen) atoms. The lowest BCUT2D eigenvalue weighted by Crippen LogP contribution is -2.45. The molecule has 2 N–H and O–H groups in total. The fourth-order valence-corrected chi connectivity index (χ4v) is 4.34. The normalized spacial score (nSPS) is 15.3. The second-order valence-electron chi connectivity index (χ2n) is 7.08. The number of benzene rings is 1. The van der Waals surface area contributed by atoms with Crippen molar-refractivity contribution in [3.05, 3.63) is 72.7 Å². The summed E-state index contributed by atoms with van der Waals surface area (Å²) in [5.41, 5.74) is 2.20. The number of thiocarbonyl (C=S) groups is 1. The average Bonchev–Trinajstić information content (AvgIpc) is 2.81. The molecule has 154 valence electrons. The maximum Gasteiger partial charge on any atom is 0.193 e. The molecule has 3 aromatic rings. The van der Waals surface area contributed by atoms with Gasteiger partial charge in [-0.05, 0) is 60.6 Å². The first-order valence-electron chi connectivity index (χ1n) is 9.83. The zero-order valence-corrected chi connectivity index (χ0v) is 18.1. The van der Waals surface area contributed by atoms with E-state index in [1.54, 1.807) is 24.7 Å². The van der Waals surface area contributed by atoms with Crippen LogP contribution in [0.25, 0.3) is 0 Å². The lowest BCUT2D eigenvalue weighted by molar-refractivity contribution is 0.0515. The number of ether oxygens (including phenoxy) is 1. The van der Waals surface area contributed by atoms with E-state index >= 15 is 0 Å². The highest BCUT2D eigenvalue weighted by Crippen LogP contribution is 2.34. The number of nitrogens with one attached hydrogen (secondary N) is 2. The van der Waals surface area contributed by atoms with Gasteiger partial charge in [-0.2, -0.15) is 0 Å². The van der Waals surface area contributed by atoms with Gasteiger partial charge in [-0.15, -0.1) is 0 Å². The Labute approximate surface area is 185 Å². The Hall–Kier alpha value is -2.55. The van der Waals surface area contributed by atoms with Crippen LogP contribution < -0.4 is 10.6 Å². The van der Waals surface area contributed by atoms with Gasteiger partial charge < -0.3 is 15.4 Å². The van der Waals surface area contributed by atoms with Crippen molar-refractivity contribution in [2.24, 2.45) is 0 Å². The molecule has 1 aliphatic rings. The Balaban J connectivity index is 1.34. The topological polar surface area (TPSA) is 72.0 Å². The summed E-state index contributed by atoms with van der Waals surface area (Å²) in [5.74, 6) is 0. The van der Waals surface area contributed by atoms with Gasteiger partial charge in [-0.25, -0.2) is 15.0 Å². The van der Waals surface area contributed by atoms with E-state index in [0.29, 0.717) is 10.3 Å². The van der Waals surface area contributed by atoms with E-state index < -0.39 is 0 Å². The molecule has 0 unspecified atom stereocenters. The zero-order valence-electron chi connectivity index (χ0n) is 16.5. The first-order chi connectivity index (χ1) is 14.7. The SMILES string of the molecule is S=C(NCC1(c2ccccc2)CCOCC1)Nc1ccc(Sc2ncccn2)nc1. The van der Waals surface area contributed by atoms with E-state index in [2.05, 4.69) is 55.9 Å². The molecule has 0 atom stereocenters. The maximum absolute atomic E-state index is 5.61. The molecule has 1 fully saturated rings. The number of nitrogens with zero attached hydrogens (tertiary/aromatic N) is 3. The van der Waals surface area contributed by atoms with Crippen molar-refractivity contribution in [1.29, 1.82) is 0 Å². The minimum Gasteiger partial charge on any atom is -0.381 e. The van der Waals surface area contributed by atoms with E-state index in [4.69, 9.17) is 17.0 Å². The summed E-state index contributed by atoms with van der Waals surface area (Å²) in [6, 6.07) is 16.3. The fourth-order valence-electron chi connectivity index (χ4n) is 3.49. The number of pyridine rings is 1. The molecule has 0 bridgehead atoms. The first-order valence-corrected chi connectivity index (χ1v) is 11.1. The lowest BCUT2D eigenvalue weighted by Gasteiger charge is -2.38. The summed E-state index contributed by atoms with van der Waals surface area (Å²) >= 11 is 6.96. The second kappa shape index (κ2) is 9.97. The summed E-state index contributed by atoms with van der Waals surface area (Å²) in [6.07, 6.45) is 7.15. The molecule has 8 heteroatoms. The quantitative estimate of drug-likeness (QED) is 0.442. The highest BCUT2D eigenvalue weighted by Gasteiger charge is 2.34. The van der Waals surface area contributed by atoms with Gasteiger partial charge in [0, 0.05) is 37.6 Å². The van der Waals surface area contributed by atoms with Crippen molar-refractivity contribution < 1.29 is 4.74 Å². The molecule has 1 aromatic carbocycles. The molecule has 0 aliphatic carbocycles. The van der Waals surface area contributed by atoms with Crippen LogP contribution in [0.4, 0.5) is 5.69 Å². The van der Waals surface area contributed by atoms with Crippen molar-refractivity contribution in [2.75, 3.05) is 25.1 Å². The van der Waals surface area contributed by atoms with Crippen molar-refractivity contribution in [3.8, 4) is 0 Å². The molecule has 1 saturated heterocycles. The minimum absolute atomic E-state index is 0.0275. The summed E-state index contributed by atoms with van der Waals surface area (Å²) in [7, 11) is 0. The van der Waals surface area contributed by atoms with Gasteiger partial charge in [-0.1, -0.05) is 30.3 Å². The molecule has 0 amide bonds. The molecule has 0 saturated carbocycles. The van der Waals surface area contributed by atoms with Gasteiger partial charge in [0.05, 0.1) is 11.9 Å². The van der Waals surface area contributed by atoms with Gasteiger partial charge >= 0.3 is 0 Å². The van der Waals surface area contributed by atoms with Crippen LogP contribution in [0, 0.1) is 0 Å². The second-order valence-corrected chi connectivity index (χ2v) is 8.48. The third-order valence-electron chi connectivity index (χ3n) is 5.16. The van der Waals surface area contributed by atoms with Crippen LogP contribution in [-0.4, -0.2) is 39.8 Å². The zero-order chi connectivity index (χ0) is 20.7. The van der Waals surface area contributed by atoms with E-state index in [1.165, 1.54) is 17.3 Å². The van der Waals surface area contributed by atoms with Gasteiger partial charge in [0.25, 0.3) is 0 Å². The summed E-state index contributed by atoms with van der Waals surface area (Å²) in [4.78, 5) is 12.9. The first kappa shape index (κ1) is 20.7. The molecule has 4 rings (SSSR count). The van der Waals surface area contributed by atoms with E-state index in [-0.39, 0.29) is 5.41 Å². The number of rotatable bonds is 6. The maximum atomic E-state index is 5.61. The van der Waals surface area contributed by atoms with Gasteiger partial charge in [-0.3, -0.25) is 0 Å². The van der Waals surface area contributed by atoms with Crippen LogP contribution >= 0.6 is 24.0 Å². The Bertz CT molecular complexity index is 948. The standard InChI is InChI=1S/C22H23N5OS2/c29-20(26-16-22(9-13-28-14-10-22)17-5-2-1-3-6-17)27-18-7-8-19(25-15-18)30-21-23-11-4-12-24-21/h1-8,11-12,15H,9-10,13-14,16H2,(H2,26,27,29). The summed E-state index contributed by atoms with van der Waals surface area (Å²) in [5, 5.41) is 8.72. The van der Waals surface area contributed by atoms with Crippen molar-refractivity contribution in [1.82, 2.24) is 20.3 Å². The summed E-state index contributed by atoms with van der Waals surface area (Å²) in [6.45, 7) is 2.30. The average molecular weight is 438 g/mol. The lowest BCUT2D eigenvalue weighted by atomic mass is 9.74. The van der Waals surface area contributed by atoms with Crippen LogP contribution in [-0.2, 0) is 10.2 Å².